The summed E-state index contributed by atoms with van der Waals surface area (Å²) in [7, 11) is 0. The maximum absolute atomic E-state index is 14.7. The van der Waals surface area contributed by atoms with Crippen molar-refractivity contribution < 1.29 is 24.2 Å². The van der Waals surface area contributed by atoms with E-state index in [1.54, 1.807) is 33.7 Å². The smallest absolute Gasteiger partial charge is 0.247 e. The topological polar surface area (TPSA) is 93.6 Å². The number of carbonyl (C=O) groups excluding carboxylic acids is 3. The Morgan fingerprint density at radius 3 is 2.49 bits per heavy atom. The molecule has 1 N–H and O–H groups in total. The normalized spacial score (nSPS) is 30.6. The Hall–Kier alpha value is -2.66. The van der Waals surface area contributed by atoms with Crippen LogP contribution < -0.4 is 4.90 Å². The van der Waals surface area contributed by atoms with Gasteiger partial charge in [0.1, 0.15) is 6.04 Å². The average Bonchev–Trinajstić information content (AvgIpc) is 3.63. The van der Waals surface area contributed by atoms with Gasteiger partial charge >= 0.3 is 0 Å². The second-order valence-corrected chi connectivity index (χ2v) is 13.7. The van der Waals surface area contributed by atoms with Gasteiger partial charge in [0, 0.05) is 50.2 Å². The molecular weight excluding hydrogens is 564 g/mol. The van der Waals surface area contributed by atoms with Gasteiger partial charge in [0.2, 0.25) is 17.7 Å². The monoisotopic (exact) mass is 610 g/mol. The summed E-state index contributed by atoms with van der Waals surface area (Å²) in [5.41, 5.74) is 0.763. The van der Waals surface area contributed by atoms with Crippen molar-refractivity contribution in [2.45, 2.75) is 48.8 Å². The second-order valence-electron chi connectivity index (χ2n) is 12.1. The lowest BCUT2D eigenvalue weighted by atomic mass is 9.65. The standard InChI is InChI=1S/C33H46N4O5S/c1-5-13-35(16-15-34-17-19-42-20-18-34)32(41)29-33-23(4)21-26(43-33)27(28(33)31(40)37(29)24(7-3)22-38)30(39)36(14-6-2)25-11-9-8-10-12-25/h5-6,8-12,23-24,26-29,38H,1-2,7,13-22H2,3-4H3/t23?,24-,26-,27+,28-,29?,33?/m0/s1. The van der Waals surface area contributed by atoms with E-state index in [-0.39, 0.29) is 35.5 Å². The molecule has 3 unspecified atom stereocenters. The zero-order valence-corrected chi connectivity index (χ0v) is 26.3. The number of aliphatic hydroxyl groups is 1. The van der Waals surface area contributed by atoms with E-state index in [1.165, 1.54) is 0 Å². The quantitative estimate of drug-likeness (QED) is 0.344. The van der Waals surface area contributed by atoms with Crippen LogP contribution in [0.15, 0.2) is 55.6 Å². The fourth-order valence-corrected chi connectivity index (χ4v) is 10.2. The molecule has 5 rings (SSSR count). The van der Waals surface area contributed by atoms with Gasteiger partial charge in [-0.15, -0.1) is 24.9 Å². The van der Waals surface area contributed by atoms with E-state index < -0.39 is 28.7 Å². The Balaban J connectivity index is 1.52. The number of nitrogens with zero attached hydrogens (tertiary/aromatic N) is 4. The summed E-state index contributed by atoms with van der Waals surface area (Å²) in [6.45, 7) is 16.5. The van der Waals surface area contributed by atoms with Crippen molar-refractivity contribution in [3.63, 3.8) is 0 Å². The van der Waals surface area contributed by atoms with Gasteiger partial charge in [-0.1, -0.05) is 44.2 Å². The van der Waals surface area contributed by atoms with Crippen LogP contribution in [0.2, 0.25) is 0 Å². The number of benzene rings is 1. The van der Waals surface area contributed by atoms with Gasteiger partial charge in [-0.25, -0.2) is 0 Å². The van der Waals surface area contributed by atoms with Crippen molar-refractivity contribution in [3.05, 3.63) is 55.6 Å². The Bertz CT molecular complexity index is 1190. The van der Waals surface area contributed by atoms with E-state index in [0.717, 1.165) is 25.2 Å². The molecule has 43 heavy (non-hydrogen) atoms. The molecular formula is C33H46N4O5S. The number of hydrogen-bond donors (Lipinski definition) is 1. The van der Waals surface area contributed by atoms with E-state index in [4.69, 9.17) is 4.74 Å². The molecule has 3 amide bonds. The highest BCUT2D eigenvalue weighted by Crippen LogP contribution is 2.69. The first-order chi connectivity index (χ1) is 20.8. The van der Waals surface area contributed by atoms with Crippen LogP contribution in [0.4, 0.5) is 5.69 Å². The van der Waals surface area contributed by atoms with E-state index in [0.29, 0.717) is 45.8 Å². The first-order valence-corrected chi connectivity index (χ1v) is 16.5. The third-order valence-corrected chi connectivity index (χ3v) is 12.0. The molecule has 4 fully saturated rings. The molecule has 4 saturated heterocycles. The maximum atomic E-state index is 14.7. The Kier molecular flexibility index (Phi) is 10.0. The number of ether oxygens (including phenoxy) is 1. The minimum Gasteiger partial charge on any atom is -0.394 e. The fraction of sp³-hybridized carbons (Fsp3) is 0.606. The first-order valence-electron chi connectivity index (χ1n) is 15.6. The third kappa shape index (κ3) is 5.56. The number of aliphatic hydroxyl groups excluding tert-OH is 1. The summed E-state index contributed by atoms with van der Waals surface area (Å²) >= 11 is 1.67. The van der Waals surface area contributed by atoms with Crippen molar-refractivity contribution in [2.75, 3.05) is 64.0 Å². The van der Waals surface area contributed by atoms with E-state index in [1.807, 2.05) is 42.2 Å². The molecule has 1 aromatic rings. The minimum atomic E-state index is -0.765. The molecule has 7 atom stereocenters. The highest BCUT2D eigenvalue weighted by molar-refractivity contribution is 8.02. The number of hydrogen-bond acceptors (Lipinski definition) is 7. The van der Waals surface area contributed by atoms with Gasteiger partial charge in [0.25, 0.3) is 0 Å². The number of thioether (sulfide) groups is 1. The molecule has 9 nitrogen and oxygen atoms in total. The SMILES string of the molecule is C=CCN(CCN1CCOCC1)C(=O)C1N([C@@H](CC)CO)C(=O)[C@@H]2[C@H](C(=O)N(CC=C)c3ccccc3)[C@@H]3CC(C)C12S3. The lowest BCUT2D eigenvalue weighted by Crippen LogP contribution is -2.60. The van der Waals surface area contributed by atoms with Crippen LogP contribution >= 0.6 is 11.8 Å². The summed E-state index contributed by atoms with van der Waals surface area (Å²) < 4.78 is 4.74. The van der Waals surface area contributed by atoms with Crippen LogP contribution in [-0.2, 0) is 19.1 Å². The number of fused-ring (bicyclic) bond motifs is 1. The van der Waals surface area contributed by atoms with Crippen LogP contribution in [0.5, 0.6) is 0 Å². The summed E-state index contributed by atoms with van der Waals surface area (Å²) in [5.74, 6) is -1.56. The fourth-order valence-electron chi connectivity index (χ4n) is 7.77. The zero-order valence-electron chi connectivity index (χ0n) is 25.5. The minimum absolute atomic E-state index is 0.0463. The molecule has 2 bridgehead atoms. The Labute approximate surface area is 259 Å². The van der Waals surface area contributed by atoms with Crippen molar-refractivity contribution in [1.29, 1.82) is 0 Å². The summed E-state index contributed by atoms with van der Waals surface area (Å²) in [4.78, 5) is 51.3. The average molecular weight is 611 g/mol. The molecule has 0 aromatic heterocycles. The highest BCUT2D eigenvalue weighted by atomic mass is 32.2. The van der Waals surface area contributed by atoms with Gasteiger partial charge in [0.05, 0.1) is 42.4 Å². The summed E-state index contributed by atoms with van der Waals surface area (Å²) in [6.07, 6.45) is 4.71. The van der Waals surface area contributed by atoms with Crippen molar-refractivity contribution in [2.24, 2.45) is 17.8 Å². The molecule has 1 aromatic carbocycles. The molecule has 10 heteroatoms. The van der Waals surface area contributed by atoms with Crippen molar-refractivity contribution >= 4 is 35.2 Å². The summed E-state index contributed by atoms with van der Waals surface area (Å²) in [5, 5.41) is 10.4. The number of rotatable bonds is 13. The van der Waals surface area contributed by atoms with Crippen LogP contribution in [-0.4, -0.2) is 119 Å². The second kappa shape index (κ2) is 13.5. The number of para-hydroxylation sites is 1. The molecule has 0 aliphatic carbocycles. The molecule has 4 aliphatic rings. The lowest BCUT2D eigenvalue weighted by Gasteiger charge is -2.42. The van der Waals surface area contributed by atoms with E-state index in [9.17, 15) is 19.5 Å². The van der Waals surface area contributed by atoms with Crippen LogP contribution in [0.3, 0.4) is 0 Å². The van der Waals surface area contributed by atoms with Crippen LogP contribution in [0.25, 0.3) is 0 Å². The number of carbonyl (C=O) groups is 3. The number of likely N-dealkylation sites (tertiary alicyclic amines) is 1. The van der Waals surface area contributed by atoms with Gasteiger partial charge in [-0.2, -0.15) is 0 Å². The Morgan fingerprint density at radius 2 is 1.86 bits per heavy atom. The van der Waals surface area contributed by atoms with Gasteiger partial charge in [-0.05, 0) is 30.9 Å². The molecule has 1 spiro atoms. The van der Waals surface area contributed by atoms with Gasteiger partial charge < -0.3 is 24.5 Å². The molecule has 0 radical (unpaired) electrons. The number of morpholine rings is 1. The largest absolute Gasteiger partial charge is 0.394 e. The third-order valence-electron chi connectivity index (χ3n) is 9.87. The predicted molar refractivity (Wildman–Crippen MR) is 170 cm³/mol. The van der Waals surface area contributed by atoms with Crippen molar-refractivity contribution in [3.8, 4) is 0 Å². The van der Waals surface area contributed by atoms with Gasteiger partial charge in [-0.3, -0.25) is 19.3 Å². The van der Waals surface area contributed by atoms with E-state index in [2.05, 4.69) is 25.0 Å². The lowest BCUT2D eigenvalue weighted by molar-refractivity contribution is -0.145. The number of amides is 3. The van der Waals surface area contributed by atoms with Crippen LogP contribution in [0, 0.1) is 17.8 Å². The van der Waals surface area contributed by atoms with Crippen LogP contribution in [0.1, 0.15) is 26.7 Å². The molecule has 4 heterocycles. The van der Waals surface area contributed by atoms with Crippen molar-refractivity contribution in [1.82, 2.24) is 14.7 Å². The molecule has 0 saturated carbocycles. The maximum Gasteiger partial charge on any atom is 0.247 e. The van der Waals surface area contributed by atoms with Gasteiger partial charge in [0.15, 0.2) is 0 Å². The molecule has 234 valence electrons. The molecule has 4 aliphatic heterocycles. The first kappa shape index (κ1) is 31.8. The predicted octanol–water partition coefficient (Wildman–Crippen LogP) is 2.66. The Morgan fingerprint density at radius 1 is 1.16 bits per heavy atom. The van der Waals surface area contributed by atoms with E-state index >= 15 is 0 Å². The summed E-state index contributed by atoms with van der Waals surface area (Å²) in [6, 6.07) is 8.23. The number of anilines is 1. The highest BCUT2D eigenvalue weighted by Gasteiger charge is 2.77. The zero-order chi connectivity index (χ0) is 30.7.